The summed E-state index contributed by atoms with van der Waals surface area (Å²) < 4.78 is 0. The molecule has 0 heteroatoms. The zero-order chi connectivity index (χ0) is 12.6. The van der Waals surface area contributed by atoms with Crippen LogP contribution in [0.2, 0.25) is 0 Å². The van der Waals surface area contributed by atoms with Crippen LogP contribution in [-0.4, -0.2) is 0 Å². The SMILES string of the molecule is CCCCCCCC#CCCCCCCCC. The molecule has 0 atom stereocenters. The van der Waals surface area contributed by atoms with E-state index in [1.807, 2.05) is 0 Å². The van der Waals surface area contributed by atoms with Crippen LogP contribution in [0, 0.1) is 11.8 Å². The zero-order valence-electron chi connectivity index (χ0n) is 12.2. The van der Waals surface area contributed by atoms with E-state index in [0.717, 1.165) is 12.8 Å². The summed E-state index contributed by atoms with van der Waals surface area (Å²) in [5.74, 6) is 6.63. The van der Waals surface area contributed by atoms with Gasteiger partial charge >= 0.3 is 0 Å². The Morgan fingerprint density at radius 1 is 0.471 bits per heavy atom. The second-order valence-electron chi connectivity index (χ2n) is 5.04. The van der Waals surface area contributed by atoms with E-state index >= 15 is 0 Å². The summed E-state index contributed by atoms with van der Waals surface area (Å²) >= 11 is 0. The molecule has 0 bridgehead atoms. The number of hydrogen-bond acceptors (Lipinski definition) is 0. The van der Waals surface area contributed by atoms with Gasteiger partial charge in [0.2, 0.25) is 0 Å². The van der Waals surface area contributed by atoms with Gasteiger partial charge in [-0.2, -0.15) is 0 Å². The van der Waals surface area contributed by atoms with Crippen LogP contribution in [0.3, 0.4) is 0 Å². The molecule has 0 aliphatic rings. The number of rotatable bonds is 11. The summed E-state index contributed by atoms with van der Waals surface area (Å²) in [4.78, 5) is 0. The van der Waals surface area contributed by atoms with Crippen LogP contribution in [0.25, 0.3) is 0 Å². The molecule has 17 heavy (non-hydrogen) atoms. The van der Waals surface area contributed by atoms with Gasteiger partial charge in [-0.25, -0.2) is 0 Å². The maximum atomic E-state index is 3.32. The molecular weight excluding hydrogens is 204 g/mol. The van der Waals surface area contributed by atoms with Gasteiger partial charge in [-0.05, 0) is 12.8 Å². The van der Waals surface area contributed by atoms with Crippen LogP contribution in [0.1, 0.15) is 97.3 Å². The maximum absolute atomic E-state index is 3.32. The van der Waals surface area contributed by atoms with Gasteiger partial charge in [0.25, 0.3) is 0 Å². The first kappa shape index (κ1) is 16.6. The summed E-state index contributed by atoms with van der Waals surface area (Å²) in [6.45, 7) is 4.53. The smallest absolute Gasteiger partial charge is 0.00886 e. The minimum absolute atomic E-state index is 1.12. The van der Waals surface area contributed by atoms with Crippen molar-refractivity contribution in [1.29, 1.82) is 0 Å². The fourth-order valence-electron chi connectivity index (χ4n) is 1.99. The second-order valence-corrected chi connectivity index (χ2v) is 5.04. The zero-order valence-corrected chi connectivity index (χ0v) is 12.2. The van der Waals surface area contributed by atoms with Crippen LogP contribution in [-0.2, 0) is 0 Å². The lowest BCUT2D eigenvalue weighted by Gasteiger charge is -1.96. The van der Waals surface area contributed by atoms with Gasteiger partial charge in [0.1, 0.15) is 0 Å². The van der Waals surface area contributed by atoms with Crippen molar-refractivity contribution in [2.45, 2.75) is 97.3 Å². The van der Waals surface area contributed by atoms with Crippen molar-refractivity contribution < 1.29 is 0 Å². The Balaban J connectivity index is 3.04. The van der Waals surface area contributed by atoms with Gasteiger partial charge in [0.05, 0.1) is 0 Å². The molecule has 100 valence electrons. The molecule has 0 saturated heterocycles. The van der Waals surface area contributed by atoms with Crippen molar-refractivity contribution >= 4 is 0 Å². The number of unbranched alkanes of at least 4 members (excludes halogenated alkanes) is 11. The molecule has 0 rings (SSSR count). The van der Waals surface area contributed by atoms with E-state index in [9.17, 15) is 0 Å². The van der Waals surface area contributed by atoms with E-state index in [2.05, 4.69) is 25.7 Å². The summed E-state index contributed by atoms with van der Waals surface area (Å²) in [7, 11) is 0. The lowest BCUT2D eigenvalue weighted by molar-refractivity contribution is 0.613. The van der Waals surface area contributed by atoms with Gasteiger partial charge in [-0.3, -0.25) is 0 Å². The highest BCUT2D eigenvalue weighted by atomic mass is 13.9. The molecule has 0 unspecified atom stereocenters. The molecule has 0 nitrogen and oxygen atoms in total. The van der Waals surface area contributed by atoms with Crippen LogP contribution >= 0.6 is 0 Å². The van der Waals surface area contributed by atoms with Crippen LogP contribution in [0.5, 0.6) is 0 Å². The first-order chi connectivity index (χ1) is 8.41. The highest BCUT2D eigenvalue weighted by molar-refractivity contribution is 4.98. The van der Waals surface area contributed by atoms with E-state index < -0.39 is 0 Å². The normalized spacial score (nSPS) is 10.0. The Bertz CT molecular complexity index is 182. The van der Waals surface area contributed by atoms with Crippen molar-refractivity contribution in [2.24, 2.45) is 0 Å². The highest BCUT2D eigenvalue weighted by Crippen LogP contribution is 2.07. The molecule has 0 heterocycles. The van der Waals surface area contributed by atoms with E-state index in [1.54, 1.807) is 0 Å². The fourth-order valence-corrected chi connectivity index (χ4v) is 1.99. The number of hydrogen-bond donors (Lipinski definition) is 0. The Labute approximate surface area is 110 Å². The van der Waals surface area contributed by atoms with Crippen LogP contribution in [0.4, 0.5) is 0 Å². The van der Waals surface area contributed by atoms with Crippen molar-refractivity contribution in [3.8, 4) is 11.8 Å². The maximum Gasteiger partial charge on any atom is 0.00886 e. The summed E-state index contributed by atoms with van der Waals surface area (Å²) in [5.41, 5.74) is 0. The Hall–Kier alpha value is -0.440. The fraction of sp³-hybridized carbons (Fsp3) is 0.882. The third-order valence-corrected chi connectivity index (χ3v) is 3.19. The van der Waals surface area contributed by atoms with E-state index in [4.69, 9.17) is 0 Å². The van der Waals surface area contributed by atoms with Crippen molar-refractivity contribution in [3.63, 3.8) is 0 Å². The third-order valence-electron chi connectivity index (χ3n) is 3.19. The van der Waals surface area contributed by atoms with Gasteiger partial charge in [-0.1, -0.05) is 71.6 Å². The van der Waals surface area contributed by atoms with E-state index in [1.165, 1.54) is 70.6 Å². The van der Waals surface area contributed by atoms with Gasteiger partial charge in [0, 0.05) is 12.8 Å². The molecule has 0 aliphatic carbocycles. The average Bonchev–Trinajstić information content (AvgIpc) is 2.35. The van der Waals surface area contributed by atoms with Crippen LogP contribution in [0.15, 0.2) is 0 Å². The lowest BCUT2D eigenvalue weighted by atomic mass is 10.1. The summed E-state index contributed by atoms with van der Waals surface area (Å²) in [5, 5.41) is 0. The third kappa shape index (κ3) is 15.6. The van der Waals surface area contributed by atoms with Crippen molar-refractivity contribution in [1.82, 2.24) is 0 Å². The van der Waals surface area contributed by atoms with Gasteiger partial charge < -0.3 is 0 Å². The summed E-state index contributed by atoms with van der Waals surface area (Å²) in [6, 6.07) is 0. The Morgan fingerprint density at radius 2 is 0.824 bits per heavy atom. The predicted molar refractivity (Wildman–Crippen MR) is 79.1 cm³/mol. The summed E-state index contributed by atoms with van der Waals surface area (Å²) in [6.07, 6.45) is 17.3. The molecule has 0 N–H and O–H groups in total. The molecule has 0 spiro atoms. The predicted octanol–water partition coefficient (Wildman–Crippen LogP) is 6.10. The molecular formula is C17H32. The van der Waals surface area contributed by atoms with E-state index in [-0.39, 0.29) is 0 Å². The molecule has 0 fully saturated rings. The average molecular weight is 236 g/mol. The molecule has 0 aromatic carbocycles. The highest BCUT2D eigenvalue weighted by Gasteiger charge is 1.88. The molecule has 0 radical (unpaired) electrons. The molecule has 0 aromatic heterocycles. The molecule has 0 amide bonds. The van der Waals surface area contributed by atoms with Gasteiger partial charge in [0.15, 0.2) is 0 Å². The van der Waals surface area contributed by atoms with Crippen LogP contribution < -0.4 is 0 Å². The standard InChI is InChI=1S/C17H32/c1-3-5-7-9-11-13-15-17-16-14-12-10-8-6-4-2/h3-15H2,1-2H3. The van der Waals surface area contributed by atoms with Crippen molar-refractivity contribution in [2.75, 3.05) is 0 Å². The molecule has 0 aliphatic heterocycles. The van der Waals surface area contributed by atoms with Crippen molar-refractivity contribution in [3.05, 3.63) is 0 Å². The topological polar surface area (TPSA) is 0 Å². The van der Waals surface area contributed by atoms with Gasteiger partial charge in [-0.15, -0.1) is 11.8 Å². The second kappa shape index (κ2) is 15.6. The van der Waals surface area contributed by atoms with E-state index in [0.29, 0.717) is 0 Å². The minimum atomic E-state index is 1.12. The molecule has 0 aromatic rings. The first-order valence-electron chi connectivity index (χ1n) is 7.87. The molecule has 0 saturated carbocycles. The monoisotopic (exact) mass is 236 g/mol. The largest absolute Gasteiger partial charge is 0.103 e. The Morgan fingerprint density at radius 3 is 1.24 bits per heavy atom. The first-order valence-corrected chi connectivity index (χ1v) is 7.87. The minimum Gasteiger partial charge on any atom is -0.103 e. The lowest BCUT2D eigenvalue weighted by Crippen LogP contribution is -1.78. The Kier molecular flexibility index (Phi) is 15.2. The quantitative estimate of drug-likeness (QED) is 0.300.